The number of halogens is 1. The summed E-state index contributed by atoms with van der Waals surface area (Å²) in [6.45, 7) is 8.51. The van der Waals surface area contributed by atoms with Gasteiger partial charge in [-0.1, -0.05) is 19.0 Å². The molecule has 2 rings (SSSR count). The molecule has 7 nitrogen and oxygen atoms in total. The third kappa shape index (κ3) is 6.50. The summed E-state index contributed by atoms with van der Waals surface area (Å²) >= 11 is 0. The number of hydrogen-bond acceptors (Lipinski definition) is 4. The Morgan fingerprint density at radius 3 is 2.75 bits per heavy atom. The lowest BCUT2D eigenvalue weighted by molar-refractivity contribution is 0.372. The monoisotopic (exact) mass is 446 g/mol. The molecule has 0 bridgehead atoms. The minimum absolute atomic E-state index is 0. The zero-order valence-corrected chi connectivity index (χ0v) is 17.1. The zero-order valence-electron chi connectivity index (χ0n) is 14.7. The van der Waals surface area contributed by atoms with Crippen LogP contribution in [-0.2, 0) is 13.1 Å². The van der Waals surface area contributed by atoms with Crippen LogP contribution in [0.25, 0.3) is 0 Å². The van der Waals surface area contributed by atoms with Crippen LogP contribution in [0.5, 0.6) is 0 Å². The Morgan fingerprint density at radius 2 is 2.17 bits per heavy atom. The second kappa shape index (κ2) is 10.3. The minimum atomic E-state index is 0. The Bertz CT molecular complexity index is 634. The summed E-state index contributed by atoms with van der Waals surface area (Å²) in [5.41, 5.74) is 2.16. The van der Waals surface area contributed by atoms with Crippen LogP contribution in [0.15, 0.2) is 28.0 Å². The predicted molar refractivity (Wildman–Crippen MR) is 106 cm³/mol. The molecule has 24 heavy (non-hydrogen) atoms. The van der Waals surface area contributed by atoms with Gasteiger partial charge in [0.1, 0.15) is 0 Å². The molecule has 0 saturated carbocycles. The van der Waals surface area contributed by atoms with Crippen molar-refractivity contribution < 1.29 is 4.52 Å². The van der Waals surface area contributed by atoms with E-state index in [4.69, 9.17) is 4.52 Å². The standard InChI is InChI=1S/C16H26N6O.HI/c1-12(2)15-8-14(23-21-15)10-19-16(17-4)18-6-5-7-22-11-13(3)9-20-22;/h8-9,11-12H,5-7,10H2,1-4H3,(H2,17,18,19);1H. The van der Waals surface area contributed by atoms with Crippen molar-refractivity contribution in [3.05, 3.63) is 35.5 Å². The van der Waals surface area contributed by atoms with Crippen molar-refractivity contribution >= 4 is 29.9 Å². The van der Waals surface area contributed by atoms with Crippen molar-refractivity contribution in [3.8, 4) is 0 Å². The van der Waals surface area contributed by atoms with E-state index in [0.29, 0.717) is 12.5 Å². The Balaban J connectivity index is 0.00000288. The van der Waals surface area contributed by atoms with E-state index in [1.54, 1.807) is 7.05 Å². The van der Waals surface area contributed by atoms with Crippen molar-refractivity contribution in [1.82, 2.24) is 25.6 Å². The van der Waals surface area contributed by atoms with Gasteiger partial charge in [-0.2, -0.15) is 5.10 Å². The third-order valence-electron chi connectivity index (χ3n) is 3.44. The topological polar surface area (TPSA) is 80.3 Å². The Kier molecular flexibility index (Phi) is 8.80. The summed E-state index contributed by atoms with van der Waals surface area (Å²) in [7, 11) is 1.76. The molecule has 0 aliphatic rings. The molecule has 8 heteroatoms. The Labute approximate surface area is 160 Å². The van der Waals surface area contributed by atoms with E-state index in [-0.39, 0.29) is 24.0 Å². The summed E-state index contributed by atoms with van der Waals surface area (Å²) in [5, 5.41) is 14.8. The van der Waals surface area contributed by atoms with Gasteiger partial charge in [0, 0.05) is 32.4 Å². The summed E-state index contributed by atoms with van der Waals surface area (Å²) in [6, 6.07) is 1.98. The minimum Gasteiger partial charge on any atom is -0.359 e. The van der Waals surface area contributed by atoms with Gasteiger partial charge >= 0.3 is 0 Å². The smallest absolute Gasteiger partial charge is 0.191 e. The lowest BCUT2D eigenvalue weighted by Crippen LogP contribution is -2.37. The summed E-state index contributed by atoms with van der Waals surface area (Å²) in [6.07, 6.45) is 4.89. The second-order valence-corrected chi connectivity index (χ2v) is 5.86. The summed E-state index contributed by atoms with van der Waals surface area (Å²) in [4.78, 5) is 4.20. The van der Waals surface area contributed by atoms with Crippen LogP contribution in [0.2, 0.25) is 0 Å². The molecule has 0 amide bonds. The van der Waals surface area contributed by atoms with E-state index in [0.717, 1.165) is 36.9 Å². The van der Waals surface area contributed by atoms with E-state index >= 15 is 0 Å². The molecule has 0 atom stereocenters. The molecule has 0 radical (unpaired) electrons. The van der Waals surface area contributed by atoms with Crippen LogP contribution in [0.1, 0.15) is 43.2 Å². The van der Waals surface area contributed by atoms with Gasteiger partial charge in [-0.3, -0.25) is 9.67 Å². The number of aromatic nitrogens is 3. The zero-order chi connectivity index (χ0) is 16.7. The van der Waals surface area contributed by atoms with Crippen LogP contribution >= 0.6 is 24.0 Å². The molecular formula is C16H27IN6O. The number of aliphatic imine (C=N–C) groups is 1. The van der Waals surface area contributed by atoms with Crippen LogP contribution in [0.3, 0.4) is 0 Å². The molecule has 0 aliphatic carbocycles. The Morgan fingerprint density at radius 1 is 1.38 bits per heavy atom. The molecule has 2 heterocycles. The number of rotatable bonds is 7. The van der Waals surface area contributed by atoms with E-state index < -0.39 is 0 Å². The third-order valence-corrected chi connectivity index (χ3v) is 3.44. The fourth-order valence-corrected chi connectivity index (χ4v) is 2.11. The van der Waals surface area contributed by atoms with E-state index in [1.807, 2.05) is 30.1 Å². The maximum Gasteiger partial charge on any atom is 0.191 e. The first kappa shape index (κ1) is 20.5. The molecular weight excluding hydrogens is 419 g/mol. The van der Waals surface area contributed by atoms with Gasteiger partial charge in [0.25, 0.3) is 0 Å². The largest absolute Gasteiger partial charge is 0.359 e. The van der Waals surface area contributed by atoms with E-state index in [2.05, 4.69) is 39.7 Å². The fraction of sp³-hybridized carbons (Fsp3) is 0.562. The highest BCUT2D eigenvalue weighted by molar-refractivity contribution is 14.0. The van der Waals surface area contributed by atoms with Crippen LogP contribution in [0.4, 0.5) is 0 Å². The van der Waals surface area contributed by atoms with Gasteiger partial charge in [-0.05, 0) is 24.8 Å². The summed E-state index contributed by atoms with van der Waals surface area (Å²) in [5.74, 6) is 1.93. The molecule has 0 unspecified atom stereocenters. The van der Waals surface area contributed by atoms with Gasteiger partial charge in [0.05, 0.1) is 18.4 Å². The van der Waals surface area contributed by atoms with Crippen molar-refractivity contribution in [3.63, 3.8) is 0 Å². The van der Waals surface area contributed by atoms with Crippen LogP contribution < -0.4 is 10.6 Å². The summed E-state index contributed by atoms with van der Waals surface area (Å²) < 4.78 is 7.25. The van der Waals surface area contributed by atoms with Crippen molar-refractivity contribution in [2.24, 2.45) is 4.99 Å². The van der Waals surface area contributed by atoms with E-state index in [1.165, 1.54) is 5.56 Å². The van der Waals surface area contributed by atoms with Crippen LogP contribution in [-0.4, -0.2) is 34.5 Å². The quantitative estimate of drug-likeness (QED) is 0.296. The predicted octanol–water partition coefficient (Wildman–Crippen LogP) is 2.68. The number of hydrogen-bond donors (Lipinski definition) is 2. The SMILES string of the molecule is CN=C(NCCCn1cc(C)cn1)NCc1cc(C(C)C)no1.I. The second-order valence-electron chi connectivity index (χ2n) is 5.86. The van der Waals surface area contributed by atoms with Crippen molar-refractivity contribution in [2.75, 3.05) is 13.6 Å². The number of nitrogens with one attached hydrogen (secondary N) is 2. The molecule has 2 N–H and O–H groups in total. The molecule has 2 aromatic rings. The molecule has 0 aliphatic heterocycles. The average molecular weight is 446 g/mol. The first-order valence-electron chi connectivity index (χ1n) is 7.97. The number of nitrogens with zero attached hydrogens (tertiary/aromatic N) is 4. The van der Waals surface area contributed by atoms with Crippen molar-refractivity contribution in [1.29, 1.82) is 0 Å². The number of guanidine groups is 1. The lowest BCUT2D eigenvalue weighted by Gasteiger charge is -2.10. The first-order chi connectivity index (χ1) is 11.1. The lowest BCUT2D eigenvalue weighted by atomic mass is 10.1. The highest BCUT2D eigenvalue weighted by atomic mass is 127. The molecule has 0 aromatic carbocycles. The molecule has 0 fully saturated rings. The molecule has 0 spiro atoms. The van der Waals surface area contributed by atoms with Crippen molar-refractivity contribution in [2.45, 2.75) is 46.2 Å². The number of aryl methyl sites for hydroxylation is 2. The van der Waals surface area contributed by atoms with Gasteiger partial charge in [-0.15, -0.1) is 24.0 Å². The Hall–Kier alpha value is -1.58. The molecule has 134 valence electrons. The highest BCUT2D eigenvalue weighted by Gasteiger charge is 2.08. The normalized spacial score (nSPS) is 11.5. The van der Waals surface area contributed by atoms with Gasteiger partial charge in [0.2, 0.25) is 0 Å². The van der Waals surface area contributed by atoms with E-state index in [9.17, 15) is 0 Å². The molecule has 2 aromatic heterocycles. The van der Waals surface area contributed by atoms with Gasteiger partial charge in [-0.25, -0.2) is 0 Å². The molecule has 0 saturated heterocycles. The first-order valence-corrected chi connectivity index (χ1v) is 7.97. The maximum atomic E-state index is 5.30. The van der Waals surface area contributed by atoms with Gasteiger partial charge < -0.3 is 15.2 Å². The highest BCUT2D eigenvalue weighted by Crippen LogP contribution is 2.13. The maximum absolute atomic E-state index is 5.30. The van der Waals surface area contributed by atoms with Crippen LogP contribution in [0, 0.1) is 6.92 Å². The van der Waals surface area contributed by atoms with Gasteiger partial charge in [0.15, 0.2) is 11.7 Å². The average Bonchev–Trinajstić information content (AvgIpc) is 3.15. The fourth-order valence-electron chi connectivity index (χ4n) is 2.11.